The van der Waals surface area contributed by atoms with Gasteiger partial charge in [0, 0.05) is 18.9 Å². The third kappa shape index (κ3) is 4.16. The zero-order chi connectivity index (χ0) is 15.1. The maximum absolute atomic E-state index is 12.2. The minimum absolute atomic E-state index is 0.167. The van der Waals surface area contributed by atoms with E-state index in [4.69, 9.17) is 5.73 Å². The first-order valence-electron chi connectivity index (χ1n) is 6.67. The number of aromatic nitrogens is 1. The topological polar surface area (TPSA) is 68.0 Å². The highest BCUT2D eigenvalue weighted by molar-refractivity contribution is 5.96. The van der Waals surface area contributed by atoms with E-state index in [1.807, 2.05) is 31.2 Å². The number of amides is 1. The Morgan fingerprint density at radius 1 is 1.29 bits per heavy atom. The molecule has 0 atom stereocenters. The highest BCUT2D eigenvalue weighted by Gasteiger charge is 2.09. The number of nitrogens with zero attached hydrogens (tertiary/aromatic N) is 1. The minimum Gasteiger partial charge on any atom is -0.348 e. The third-order valence-corrected chi connectivity index (χ3v) is 2.96. The van der Waals surface area contributed by atoms with Crippen LogP contribution in [0.3, 0.4) is 0 Å². The van der Waals surface area contributed by atoms with Crippen molar-refractivity contribution in [1.82, 2.24) is 10.3 Å². The van der Waals surface area contributed by atoms with Crippen molar-refractivity contribution in [3.8, 4) is 11.8 Å². The Kier molecular flexibility index (Phi) is 5.08. The van der Waals surface area contributed by atoms with E-state index >= 15 is 0 Å². The molecule has 106 valence electrons. The highest BCUT2D eigenvalue weighted by Crippen LogP contribution is 2.07. The molecule has 0 spiro atoms. The molecule has 0 aliphatic carbocycles. The van der Waals surface area contributed by atoms with Crippen LogP contribution in [0.1, 0.15) is 27.0 Å². The highest BCUT2D eigenvalue weighted by atomic mass is 16.1. The molecule has 1 amide bonds. The van der Waals surface area contributed by atoms with Gasteiger partial charge in [-0.25, -0.2) is 0 Å². The Morgan fingerprint density at radius 2 is 2.05 bits per heavy atom. The lowest BCUT2D eigenvalue weighted by atomic mass is 10.1. The van der Waals surface area contributed by atoms with Crippen LogP contribution < -0.4 is 11.1 Å². The summed E-state index contributed by atoms with van der Waals surface area (Å²) in [5.74, 6) is 5.43. The van der Waals surface area contributed by atoms with Crippen molar-refractivity contribution in [3.63, 3.8) is 0 Å². The van der Waals surface area contributed by atoms with Crippen LogP contribution in [0.2, 0.25) is 0 Å². The molecule has 0 bridgehead atoms. The molecule has 1 aromatic carbocycles. The largest absolute Gasteiger partial charge is 0.348 e. The van der Waals surface area contributed by atoms with E-state index in [0.29, 0.717) is 17.7 Å². The van der Waals surface area contributed by atoms with Crippen molar-refractivity contribution >= 4 is 5.91 Å². The molecule has 0 saturated carbocycles. The van der Waals surface area contributed by atoms with Gasteiger partial charge in [0.1, 0.15) is 0 Å². The van der Waals surface area contributed by atoms with Gasteiger partial charge in [-0.2, -0.15) is 0 Å². The monoisotopic (exact) mass is 279 g/mol. The molecule has 0 aliphatic heterocycles. The van der Waals surface area contributed by atoms with Gasteiger partial charge in [0.15, 0.2) is 0 Å². The number of hydrogen-bond donors (Lipinski definition) is 2. The molecule has 21 heavy (non-hydrogen) atoms. The molecule has 4 heteroatoms. The van der Waals surface area contributed by atoms with E-state index in [-0.39, 0.29) is 12.5 Å². The van der Waals surface area contributed by atoms with Crippen molar-refractivity contribution in [2.24, 2.45) is 5.73 Å². The number of benzene rings is 1. The minimum atomic E-state index is -0.167. The van der Waals surface area contributed by atoms with E-state index in [1.165, 1.54) is 5.56 Å². The zero-order valence-corrected chi connectivity index (χ0v) is 11.9. The van der Waals surface area contributed by atoms with Gasteiger partial charge in [-0.1, -0.05) is 41.7 Å². The van der Waals surface area contributed by atoms with Crippen molar-refractivity contribution in [1.29, 1.82) is 0 Å². The molecule has 2 rings (SSSR count). The predicted molar refractivity (Wildman–Crippen MR) is 82.5 cm³/mol. The molecule has 0 fully saturated rings. The number of hydrogen-bond acceptors (Lipinski definition) is 3. The average Bonchev–Trinajstić information content (AvgIpc) is 2.52. The summed E-state index contributed by atoms with van der Waals surface area (Å²) in [6.07, 6.45) is 3.15. The van der Waals surface area contributed by atoms with Gasteiger partial charge >= 0.3 is 0 Å². The summed E-state index contributed by atoms with van der Waals surface area (Å²) >= 11 is 0. The first-order chi connectivity index (χ1) is 10.2. The van der Waals surface area contributed by atoms with Crippen LogP contribution in [0, 0.1) is 18.8 Å². The lowest BCUT2D eigenvalue weighted by Gasteiger charge is -2.07. The lowest BCUT2D eigenvalue weighted by Crippen LogP contribution is -2.23. The van der Waals surface area contributed by atoms with E-state index in [1.54, 1.807) is 18.5 Å². The molecule has 0 radical (unpaired) electrons. The molecule has 2 aromatic rings. The molecule has 0 saturated heterocycles. The van der Waals surface area contributed by atoms with Gasteiger partial charge in [-0.05, 0) is 18.6 Å². The number of carbonyl (C=O) groups is 1. The normalized spacial score (nSPS) is 9.62. The first kappa shape index (κ1) is 14.8. The van der Waals surface area contributed by atoms with Gasteiger partial charge in [0.05, 0.1) is 17.7 Å². The smallest absolute Gasteiger partial charge is 0.252 e. The lowest BCUT2D eigenvalue weighted by molar-refractivity contribution is 0.0950. The molecule has 0 unspecified atom stereocenters. The second kappa shape index (κ2) is 7.22. The molecule has 1 heterocycles. The fourth-order valence-corrected chi connectivity index (χ4v) is 1.82. The molecular formula is C17H17N3O. The Morgan fingerprint density at radius 3 is 2.76 bits per heavy atom. The van der Waals surface area contributed by atoms with Gasteiger partial charge in [-0.3, -0.25) is 9.78 Å². The van der Waals surface area contributed by atoms with Gasteiger partial charge < -0.3 is 11.1 Å². The Labute approximate surface area is 124 Å². The number of nitrogens with two attached hydrogens (primary N) is 1. The predicted octanol–water partition coefficient (Wildman–Crippen LogP) is 1.63. The Hall–Kier alpha value is -2.64. The third-order valence-electron chi connectivity index (χ3n) is 2.96. The molecular weight excluding hydrogens is 262 g/mol. The number of nitrogens with one attached hydrogen (secondary N) is 1. The van der Waals surface area contributed by atoms with Crippen LogP contribution in [-0.4, -0.2) is 17.4 Å². The number of pyridine rings is 1. The van der Waals surface area contributed by atoms with E-state index in [9.17, 15) is 4.79 Å². The van der Waals surface area contributed by atoms with Gasteiger partial charge in [-0.15, -0.1) is 0 Å². The summed E-state index contributed by atoms with van der Waals surface area (Å²) < 4.78 is 0. The zero-order valence-electron chi connectivity index (χ0n) is 11.9. The SMILES string of the molecule is Cc1ccc(CNC(=O)c2ccncc2C#CCN)cc1. The molecule has 3 N–H and O–H groups in total. The van der Waals surface area contributed by atoms with E-state index in [2.05, 4.69) is 22.1 Å². The molecule has 1 aromatic heterocycles. The van der Waals surface area contributed by atoms with E-state index in [0.717, 1.165) is 5.56 Å². The molecule has 4 nitrogen and oxygen atoms in total. The summed E-state index contributed by atoms with van der Waals surface area (Å²) in [7, 11) is 0. The van der Waals surface area contributed by atoms with Gasteiger partial charge in [0.2, 0.25) is 0 Å². The van der Waals surface area contributed by atoms with Crippen molar-refractivity contribution in [2.45, 2.75) is 13.5 Å². The summed E-state index contributed by atoms with van der Waals surface area (Å²) in [4.78, 5) is 16.2. The van der Waals surface area contributed by atoms with Crippen LogP contribution in [0.25, 0.3) is 0 Å². The number of carbonyl (C=O) groups excluding carboxylic acids is 1. The Balaban J connectivity index is 2.08. The van der Waals surface area contributed by atoms with Crippen LogP contribution >= 0.6 is 0 Å². The van der Waals surface area contributed by atoms with Crippen LogP contribution in [0.5, 0.6) is 0 Å². The van der Waals surface area contributed by atoms with E-state index < -0.39 is 0 Å². The second-order valence-corrected chi connectivity index (χ2v) is 4.60. The Bertz CT molecular complexity index is 681. The van der Waals surface area contributed by atoms with Crippen LogP contribution in [-0.2, 0) is 6.54 Å². The van der Waals surface area contributed by atoms with Crippen LogP contribution in [0.15, 0.2) is 42.7 Å². The standard InChI is InChI=1S/C17H17N3O/c1-13-4-6-14(7-5-13)11-20-17(21)16-8-10-19-12-15(16)3-2-9-18/h4-8,10,12H,9,11,18H2,1H3,(H,20,21). The summed E-state index contributed by atoms with van der Waals surface area (Å²) in [6, 6.07) is 9.69. The fraction of sp³-hybridized carbons (Fsp3) is 0.176. The number of aryl methyl sites for hydroxylation is 1. The van der Waals surface area contributed by atoms with Crippen molar-refractivity contribution < 1.29 is 4.79 Å². The van der Waals surface area contributed by atoms with Crippen molar-refractivity contribution in [3.05, 3.63) is 65.0 Å². The fourth-order valence-electron chi connectivity index (χ4n) is 1.82. The summed E-state index contributed by atoms with van der Waals surface area (Å²) in [5.41, 5.74) is 8.70. The first-order valence-corrected chi connectivity index (χ1v) is 6.67. The maximum atomic E-state index is 12.2. The molecule has 0 aliphatic rings. The van der Waals surface area contributed by atoms with Crippen LogP contribution in [0.4, 0.5) is 0 Å². The number of rotatable bonds is 3. The maximum Gasteiger partial charge on any atom is 0.252 e. The quantitative estimate of drug-likeness (QED) is 0.839. The average molecular weight is 279 g/mol. The summed E-state index contributed by atoms with van der Waals surface area (Å²) in [6.45, 7) is 2.76. The van der Waals surface area contributed by atoms with Crippen molar-refractivity contribution in [2.75, 3.05) is 6.54 Å². The second-order valence-electron chi connectivity index (χ2n) is 4.60. The van der Waals surface area contributed by atoms with Gasteiger partial charge in [0.25, 0.3) is 5.91 Å². The summed E-state index contributed by atoms with van der Waals surface area (Å²) in [5, 5.41) is 2.89.